The van der Waals surface area contributed by atoms with Crippen molar-refractivity contribution in [3.8, 4) is 0 Å². The molecule has 6 nitrogen and oxygen atoms in total. The molecule has 1 unspecified atom stereocenters. The molecule has 1 aliphatic rings. The fourth-order valence-corrected chi connectivity index (χ4v) is 2.82. The van der Waals surface area contributed by atoms with Crippen molar-refractivity contribution < 1.29 is 14.3 Å². The normalized spacial score (nSPS) is 15.6. The van der Waals surface area contributed by atoms with Crippen molar-refractivity contribution in [2.45, 2.75) is 30.8 Å². The van der Waals surface area contributed by atoms with Gasteiger partial charge in [-0.2, -0.15) is 0 Å². The molecule has 0 spiro atoms. The Morgan fingerprint density at radius 1 is 1.15 bits per heavy atom. The molecule has 1 aliphatic carbocycles. The van der Waals surface area contributed by atoms with Crippen LogP contribution >= 0.6 is 0 Å². The Hall–Kier alpha value is -2.86. The van der Waals surface area contributed by atoms with Gasteiger partial charge in [-0.25, -0.2) is 4.79 Å². The second-order valence-corrected chi connectivity index (χ2v) is 6.60. The number of carbonyl (C=O) groups is 2. The lowest BCUT2D eigenvalue weighted by atomic mass is 10.0. The summed E-state index contributed by atoms with van der Waals surface area (Å²) in [7, 11) is 1.27. The number of hydrogen-bond acceptors (Lipinski definition) is 4. The Morgan fingerprint density at radius 3 is 2.54 bits per heavy atom. The van der Waals surface area contributed by atoms with Gasteiger partial charge in [0.25, 0.3) is 0 Å². The lowest BCUT2D eigenvalue weighted by Gasteiger charge is -2.19. The molecular weight excluding hydrogens is 330 g/mol. The summed E-state index contributed by atoms with van der Waals surface area (Å²) in [5.41, 5.74) is 8.57. The van der Waals surface area contributed by atoms with Crippen LogP contribution in [0.3, 0.4) is 0 Å². The monoisotopic (exact) mass is 353 g/mol. The van der Waals surface area contributed by atoms with E-state index in [2.05, 4.69) is 15.4 Å². The third-order valence-electron chi connectivity index (χ3n) is 4.57. The van der Waals surface area contributed by atoms with Crippen LogP contribution in [0.5, 0.6) is 0 Å². The first-order valence-electron chi connectivity index (χ1n) is 8.59. The Bertz CT molecular complexity index is 788. The van der Waals surface area contributed by atoms with E-state index in [9.17, 15) is 9.59 Å². The van der Waals surface area contributed by atoms with E-state index in [0.29, 0.717) is 12.1 Å². The van der Waals surface area contributed by atoms with Crippen molar-refractivity contribution in [2.24, 2.45) is 5.73 Å². The molecular formula is C20H23N3O3. The zero-order valence-electron chi connectivity index (χ0n) is 14.7. The molecule has 2 aromatic carbocycles. The molecule has 0 bridgehead atoms. The molecule has 0 saturated heterocycles. The van der Waals surface area contributed by atoms with Crippen molar-refractivity contribution in [2.75, 3.05) is 12.4 Å². The Kier molecular flexibility index (Phi) is 5.23. The van der Waals surface area contributed by atoms with E-state index in [1.807, 2.05) is 54.6 Å². The van der Waals surface area contributed by atoms with E-state index in [0.717, 1.165) is 24.0 Å². The van der Waals surface area contributed by atoms with Gasteiger partial charge in [0.2, 0.25) is 5.91 Å². The van der Waals surface area contributed by atoms with E-state index in [-0.39, 0.29) is 11.4 Å². The number of rotatable bonds is 6. The summed E-state index contributed by atoms with van der Waals surface area (Å²) >= 11 is 0. The Balaban J connectivity index is 1.73. The number of carbonyl (C=O) groups excluding carboxylic acids is 2. The van der Waals surface area contributed by atoms with Gasteiger partial charge < -0.3 is 21.1 Å². The summed E-state index contributed by atoms with van der Waals surface area (Å²) in [4.78, 5) is 24.4. The fraction of sp³-hybridized carbons (Fsp3) is 0.300. The van der Waals surface area contributed by atoms with Gasteiger partial charge in [-0.3, -0.25) is 4.79 Å². The molecule has 4 N–H and O–H groups in total. The first kappa shape index (κ1) is 17.9. The van der Waals surface area contributed by atoms with Gasteiger partial charge in [-0.15, -0.1) is 0 Å². The molecule has 3 rings (SSSR count). The molecule has 0 aromatic heterocycles. The van der Waals surface area contributed by atoms with E-state index in [1.165, 1.54) is 7.11 Å². The van der Waals surface area contributed by atoms with Crippen molar-refractivity contribution in [3.63, 3.8) is 0 Å². The average Bonchev–Trinajstić information content (AvgIpc) is 3.41. The molecule has 2 amide bonds. The third-order valence-corrected chi connectivity index (χ3v) is 4.57. The fourth-order valence-electron chi connectivity index (χ4n) is 2.82. The van der Waals surface area contributed by atoms with Crippen LogP contribution in [0.1, 0.15) is 24.0 Å². The summed E-state index contributed by atoms with van der Waals surface area (Å²) in [6, 6.07) is 16.3. The average molecular weight is 353 g/mol. The number of anilines is 1. The Morgan fingerprint density at radius 2 is 1.88 bits per heavy atom. The zero-order valence-corrected chi connectivity index (χ0v) is 14.7. The van der Waals surface area contributed by atoms with Crippen LogP contribution in [0.2, 0.25) is 0 Å². The van der Waals surface area contributed by atoms with E-state index >= 15 is 0 Å². The summed E-state index contributed by atoms with van der Waals surface area (Å²) in [5, 5.41) is 5.46. The summed E-state index contributed by atoms with van der Waals surface area (Å²) in [6.07, 6.45) is 1.62. The lowest BCUT2D eigenvalue weighted by molar-refractivity contribution is -0.118. The van der Waals surface area contributed by atoms with Gasteiger partial charge in [0.05, 0.1) is 7.11 Å². The van der Waals surface area contributed by atoms with Crippen LogP contribution in [0.4, 0.5) is 10.5 Å². The molecule has 136 valence electrons. The third kappa shape index (κ3) is 4.40. The molecule has 0 heterocycles. The number of ether oxygens (including phenoxy) is 1. The minimum Gasteiger partial charge on any atom is -0.453 e. The molecule has 1 fully saturated rings. The second-order valence-electron chi connectivity index (χ2n) is 6.60. The first-order valence-corrected chi connectivity index (χ1v) is 8.59. The number of nitrogens with two attached hydrogens (primary N) is 1. The maximum Gasteiger partial charge on any atom is 0.407 e. The predicted octanol–water partition coefficient (Wildman–Crippen LogP) is 2.54. The predicted molar refractivity (Wildman–Crippen MR) is 99.6 cm³/mol. The number of hydrogen-bond donors (Lipinski definition) is 3. The van der Waals surface area contributed by atoms with Gasteiger partial charge in [0.1, 0.15) is 6.04 Å². The molecule has 1 saturated carbocycles. The van der Waals surface area contributed by atoms with Gasteiger partial charge in [0.15, 0.2) is 0 Å². The van der Waals surface area contributed by atoms with Gasteiger partial charge >= 0.3 is 6.09 Å². The van der Waals surface area contributed by atoms with Crippen molar-refractivity contribution >= 4 is 17.7 Å². The summed E-state index contributed by atoms with van der Waals surface area (Å²) in [6.45, 7) is 0. The highest BCUT2D eigenvalue weighted by molar-refractivity contribution is 5.96. The number of nitrogens with one attached hydrogen (secondary N) is 2. The first-order chi connectivity index (χ1) is 12.5. The topological polar surface area (TPSA) is 93.4 Å². The quantitative estimate of drug-likeness (QED) is 0.744. The molecule has 26 heavy (non-hydrogen) atoms. The highest BCUT2D eigenvalue weighted by atomic mass is 16.5. The van der Waals surface area contributed by atoms with Crippen LogP contribution in [-0.2, 0) is 21.5 Å². The van der Waals surface area contributed by atoms with Crippen LogP contribution in [-0.4, -0.2) is 25.2 Å². The van der Waals surface area contributed by atoms with Crippen LogP contribution in [0.15, 0.2) is 54.6 Å². The lowest BCUT2D eigenvalue weighted by Crippen LogP contribution is -2.45. The zero-order chi connectivity index (χ0) is 18.6. The SMILES string of the molecule is COC(=O)NC(Cc1ccccc1)C(=O)Nc1cccc(C2(N)CC2)c1. The van der Waals surface area contributed by atoms with Crippen molar-refractivity contribution in [1.82, 2.24) is 5.32 Å². The molecule has 1 atom stereocenters. The summed E-state index contributed by atoms with van der Waals surface area (Å²) in [5.74, 6) is -0.307. The highest BCUT2D eigenvalue weighted by Crippen LogP contribution is 2.43. The molecule has 0 radical (unpaired) electrons. The minimum absolute atomic E-state index is 0.269. The highest BCUT2D eigenvalue weighted by Gasteiger charge is 2.40. The molecule has 6 heteroatoms. The number of amides is 2. The van der Waals surface area contributed by atoms with Gasteiger partial charge in [-0.05, 0) is 36.1 Å². The van der Waals surface area contributed by atoms with Crippen molar-refractivity contribution in [3.05, 3.63) is 65.7 Å². The van der Waals surface area contributed by atoms with Crippen LogP contribution < -0.4 is 16.4 Å². The smallest absolute Gasteiger partial charge is 0.407 e. The van der Waals surface area contributed by atoms with Gasteiger partial charge in [0, 0.05) is 17.6 Å². The van der Waals surface area contributed by atoms with Crippen LogP contribution in [0.25, 0.3) is 0 Å². The van der Waals surface area contributed by atoms with E-state index in [1.54, 1.807) is 0 Å². The van der Waals surface area contributed by atoms with Crippen LogP contribution in [0, 0.1) is 0 Å². The summed E-state index contributed by atoms with van der Waals surface area (Å²) < 4.78 is 4.64. The molecule has 2 aromatic rings. The Labute approximate surface area is 152 Å². The van der Waals surface area contributed by atoms with Crippen molar-refractivity contribution in [1.29, 1.82) is 0 Å². The second kappa shape index (κ2) is 7.58. The number of benzene rings is 2. The molecule has 0 aliphatic heterocycles. The largest absolute Gasteiger partial charge is 0.453 e. The standard InChI is InChI=1S/C20H23N3O3/c1-26-19(25)23-17(12-14-6-3-2-4-7-14)18(24)22-16-9-5-8-15(13-16)20(21)10-11-20/h2-9,13,17H,10-12,21H2,1H3,(H,22,24)(H,23,25). The number of methoxy groups -OCH3 is 1. The van der Waals surface area contributed by atoms with E-state index in [4.69, 9.17) is 5.73 Å². The van der Waals surface area contributed by atoms with E-state index < -0.39 is 12.1 Å². The number of alkyl carbamates (subject to hydrolysis) is 1. The van der Waals surface area contributed by atoms with Gasteiger partial charge in [-0.1, -0.05) is 42.5 Å². The maximum atomic E-state index is 12.7. The minimum atomic E-state index is -0.749. The maximum absolute atomic E-state index is 12.7.